The molecule has 1 heterocycles. The largest absolute Gasteiger partial charge is 0.296 e. The Morgan fingerprint density at radius 3 is 1.14 bits per heavy atom. The SMILES string of the molecule is O=P(c1ccccc1)(c1ccccc1)N1C(c2ccccc2)C1c1ccccc1. The summed E-state index contributed by atoms with van der Waals surface area (Å²) in [5, 5.41) is 1.76. The Kier molecular flexibility index (Phi) is 4.67. The molecule has 2 atom stereocenters. The molecule has 4 aromatic rings. The lowest BCUT2D eigenvalue weighted by molar-refractivity contribution is 0.554. The Bertz CT molecular complexity index is 1040. The van der Waals surface area contributed by atoms with Crippen molar-refractivity contribution in [2.45, 2.75) is 12.1 Å². The zero-order valence-corrected chi connectivity index (χ0v) is 16.9. The first-order valence-electron chi connectivity index (χ1n) is 9.90. The molecule has 5 rings (SSSR count). The van der Waals surface area contributed by atoms with Gasteiger partial charge in [-0.3, -0.25) is 4.57 Å². The summed E-state index contributed by atoms with van der Waals surface area (Å²) in [4.78, 5) is 0. The van der Waals surface area contributed by atoms with E-state index in [1.807, 2.05) is 72.8 Å². The minimum absolute atomic E-state index is 0.0878. The summed E-state index contributed by atoms with van der Waals surface area (Å²) >= 11 is 0. The van der Waals surface area contributed by atoms with Gasteiger partial charge in [-0.1, -0.05) is 97.1 Å². The summed E-state index contributed by atoms with van der Waals surface area (Å²) in [5.41, 5.74) is 2.40. The van der Waals surface area contributed by atoms with Crippen molar-refractivity contribution in [1.82, 2.24) is 4.67 Å². The molecule has 0 N–H and O–H groups in total. The second kappa shape index (κ2) is 7.48. The van der Waals surface area contributed by atoms with E-state index in [-0.39, 0.29) is 12.1 Å². The van der Waals surface area contributed by atoms with E-state index in [0.29, 0.717) is 0 Å². The van der Waals surface area contributed by atoms with E-state index in [9.17, 15) is 4.57 Å². The van der Waals surface area contributed by atoms with Crippen molar-refractivity contribution in [3.05, 3.63) is 132 Å². The number of rotatable bonds is 5. The molecule has 2 nitrogen and oxygen atoms in total. The van der Waals surface area contributed by atoms with Crippen LogP contribution in [0.2, 0.25) is 0 Å². The average Bonchev–Trinajstić information content (AvgIpc) is 3.57. The van der Waals surface area contributed by atoms with E-state index in [1.165, 1.54) is 11.1 Å². The van der Waals surface area contributed by atoms with Gasteiger partial charge in [-0.05, 0) is 35.4 Å². The molecule has 0 saturated carbocycles. The summed E-state index contributed by atoms with van der Waals surface area (Å²) in [5.74, 6) is 0. The third-order valence-electron chi connectivity index (χ3n) is 5.60. The second-order valence-electron chi connectivity index (χ2n) is 7.34. The van der Waals surface area contributed by atoms with Crippen LogP contribution >= 0.6 is 7.29 Å². The molecule has 0 aliphatic carbocycles. The highest BCUT2D eigenvalue weighted by molar-refractivity contribution is 7.76. The molecule has 0 bridgehead atoms. The van der Waals surface area contributed by atoms with Gasteiger partial charge in [0.2, 0.25) is 7.29 Å². The number of benzene rings is 4. The molecule has 0 aromatic heterocycles. The first kappa shape index (κ1) is 18.1. The maximum atomic E-state index is 14.9. The minimum atomic E-state index is -2.99. The van der Waals surface area contributed by atoms with Crippen LogP contribution in [-0.2, 0) is 4.57 Å². The van der Waals surface area contributed by atoms with E-state index in [1.54, 1.807) is 0 Å². The lowest BCUT2D eigenvalue weighted by Gasteiger charge is -2.22. The second-order valence-corrected chi connectivity index (χ2v) is 9.98. The summed E-state index contributed by atoms with van der Waals surface area (Å²) < 4.78 is 17.1. The van der Waals surface area contributed by atoms with Gasteiger partial charge < -0.3 is 0 Å². The van der Waals surface area contributed by atoms with Gasteiger partial charge in [-0.2, -0.15) is 0 Å². The van der Waals surface area contributed by atoms with Crippen LogP contribution < -0.4 is 10.6 Å². The quantitative estimate of drug-likeness (QED) is 0.318. The number of hydrogen-bond donors (Lipinski definition) is 0. The van der Waals surface area contributed by atoms with Crippen molar-refractivity contribution in [3.8, 4) is 0 Å². The Morgan fingerprint density at radius 2 is 0.793 bits per heavy atom. The van der Waals surface area contributed by atoms with Crippen LogP contribution in [0.15, 0.2) is 121 Å². The minimum Gasteiger partial charge on any atom is -0.296 e. The van der Waals surface area contributed by atoms with Gasteiger partial charge in [0, 0.05) is 10.6 Å². The molecule has 2 unspecified atom stereocenters. The lowest BCUT2D eigenvalue weighted by atomic mass is 10.0. The fraction of sp³-hybridized carbons (Fsp3) is 0.0769. The standard InChI is InChI=1S/C26H22NOP/c28-29(23-17-9-3-10-18-23,24-19-11-4-12-20-24)27-25(21-13-5-1-6-14-21)26(27)22-15-7-2-8-16-22/h1-20,25-26H. The predicted molar refractivity (Wildman–Crippen MR) is 120 cm³/mol. The average molecular weight is 395 g/mol. The van der Waals surface area contributed by atoms with Gasteiger partial charge >= 0.3 is 0 Å². The molecule has 1 aliphatic heterocycles. The molecule has 4 aromatic carbocycles. The Morgan fingerprint density at radius 1 is 0.483 bits per heavy atom. The van der Waals surface area contributed by atoms with Gasteiger partial charge in [0.05, 0.1) is 12.1 Å². The molecule has 0 spiro atoms. The van der Waals surface area contributed by atoms with Crippen LogP contribution in [0.1, 0.15) is 23.2 Å². The van der Waals surface area contributed by atoms with Gasteiger partial charge in [0.15, 0.2) is 0 Å². The van der Waals surface area contributed by atoms with Crippen molar-refractivity contribution in [3.63, 3.8) is 0 Å². The molecule has 142 valence electrons. The number of nitrogens with zero attached hydrogens (tertiary/aromatic N) is 1. The molecule has 0 amide bonds. The summed E-state index contributed by atoms with van der Waals surface area (Å²) in [6.07, 6.45) is 0. The van der Waals surface area contributed by atoms with E-state index < -0.39 is 7.29 Å². The van der Waals surface area contributed by atoms with Crippen molar-refractivity contribution in [1.29, 1.82) is 0 Å². The van der Waals surface area contributed by atoms with Gasteiger partial charge in [-0.25, -0.2) is 4.67 Å². The molecule has 0 radical (unpaired) electrons. The van der Waals surface area contributed by atoms with Crippen molar-refractivity contribution in [2.24, 2.45) is 0 Å². The molecular weight excluding hydrogens is 373 g/mol. The maximum absolute atomic E-state index is 14.9. The molecule has 1 fully saturated rings. The Hall–Kier alpha value is -2.93. The first-order chi connectivity index (χ1) is 14.3. The number of hydrogen-bond acceptors (Lipinski definition) is 1. The predicted octanol–water partition coefficient (Wildman–Crippen LogP) is 5.71. The zero-order valence-electron chi connectivity index (χ0n) is 16.0. The fourth-order valence-corrected chi connectivity index (χ4v) is 7.36. The van der Waals surface area contributed by atoms with E-state index in [0.717, 1.165) is 10.6 Å². The maximum Gasteiger partial charge on any atom is 0.208 e. The zero-order chi connectivity index (χ0) is 19.7. The van der Waals surface area contributed by atoms with Crippen molar-refractivity contribution >= 4 is 17.9 Å². The van der Waals surface area contributed by atoms with E-state index >= 15 is 0 Å². The van der Waals surface area contributed by atoms with Crippen molar-refractivity contribution < 1.29 is 4.57 Å². The molecular formula is C26H22NOP. The van der Waals surface area contributed by atoms with Crippen LogP contribution in [0.25, 0.3) is 0 Å². The van der Waals surface area contributed by atoms with E-state index in [2.05, 4.69) is 53.2 Å². The normalized spacial score (nSPS) is 20.9. The Balaban J connectivity index is 1.69. The van der Waals surface area contributed by atoms with Crippen LogP contribution in [0, 0.1) is 0 Å². The van der Waals surface area contributed by atoms with Gasteiger partial charge in [0.1, 0.15) is 0 Å². The summed E-state index contributed by atoms with van der Waals surface area (Å²) in [7, 11) is -2.99. The molecule has 3 heteroatoms. The third-order valence-corrected chi connectivity index (χ3v) is 8.74. The molecule has 1 saturated heterocycles. The summed E-state index contributed by atoms with van der Waals surface area (Å²) in [6, 6.07) is 40.9. The van der Waals surface area contributed by atoms with Crippen LogP contribution in [0.4, 0.5) is 0 Å². The monoisotopic (exact) mass is 395 g/mol. The van der Waals surface area contributed by atoms with Crippen molar-refractivity contribution in [2.75, 3.05) is 0 Å². The summed E-state index contributed by atoms with van der Waals surface area (Å²) in [6.45, 7) is 0. The van der Waals surface area contributed by atoms with E-state index in [4.69, 9.17) is 0 Å². The smallest absolute Gasteiger partial charge is 0.208 e. The first-order valence-corrected chi connectivity index (χ1v) is 11.6. The Labute approximate surface area is 171 Å². The highest BCUT2D eigenvalue weighted by Gasteiger charge is 2.59. The highest BCUT2D eigenvalue weighted by Crippen LogP contribution is 2.70. The molecule has 29 heavy (non-hydrogen) atoms. The van der Waals surface area contributed by atoms with Crippen LogP contribution in [-0.4, -0.2) is 4.67 Å². The fourth-order valence-electron chi connectivity index (χ4n) is 4.22. The molecule has 1 aliphatic rings. The van der Waals surface area contributed by atoms with Crippen LogP contribution in [0.5, 0.6) is 0 Å². The third kappa shape index (κ3) is 3.15. The van der Waals surface area contributed by atoms with Crippen LogP contribution in [0.3, 0.4) is 0 Å². The van der Waals surface area contributed by atoms with Gasteiger partial charge in [-0.15, -0.1) is 0 Å². The highest BCUT2D eigenvalue weighted by atomic mass is 31.2. The lowest BCUT2D eigenvalue weighted by Crippen LogP contribution is -2.22. The topological polar surface area (TPSA) is 20.1 Å². The van der Waals surface area contributed by atoms with Gasteiger partial charge in [0.25, 0.3) is 0 Å².